The number of furan rings is 1. The zero-order chi connectivity index (χ0) is 16.5. The van der Waals surface area contributed by atoms with Crippen LogP contribution in [0.2, 0.25) is 0 Å². The van der Waals surface area contributed by atoms with E-state index >= 15 is 0 Å². The van der Waals surface area contributed by atoms with Gasteiger partial charge < -0.3 is 9.52 Å². The topological polar surface area (TPSA) is 50.4 Å². The summed E-state index contributed by atoms with van der Waals surface area (Å²) in [5, 5.41) is 10.5. The molecule has 0 aromatic carbocycles. The van der Waals surface area contributed by atoms with Gasteiger partial charge in [0.2, 0.25) is 0 Å². The van der Waals surface area contributed by atoms with Crippen molar-refractivity contribution in [2.45, 2.75) is 64.4 Å². The fourth-order valence-electron chi connectivity index (χ4n) is 7.16. The van der Waals surface area contributed by atoms with Crippen molar-refractivity contribution in [2.24, 2.45) is 35.0 Å². The minimum absolute atomic E-state index is 0.0804. The van der Waals surface area contributed by atoms with Crippen molar-refractivity contribution in [1.29, 1.82) is 0 Å². The largest absolute Gasteiger partial charge is 0.458 e. The van der Waals surface area contributed by atoms with Crippen LogP contribution in [0.1, 0.15) is 67.3 Å². The molecule has 5 rings (SSSR count). The Morgan fingerprint density at radius 1 is 1.12 bits per heavy atom. The highest BCUT2D eigenvalue weighted by molar-refractivity contribution is 5.71. The monoisotopic (exact) mass is 328 g/mol. The third-order valence-electron chi connectivity index (χ3n) is 8.40. The predicted molar refractivity (Wildman–Crippen MR) is 90.8 cm³/mol. The highest BCUT2D eigenvalue weighted by atomic mass is 16.3. The van der Waals surface area contributed by atoms with Gasteiger partial charge in [-0.3, -0.25) is 4.79 Å². The number of fused-ring (bicyclic) bond motifs is 6. The number of rotatable bonds is 1. The highest BCUT2D eigenvalue weighted by Gasteiger charge is 2.56. The summed E-state index contributed by atoms with van der Waals surface area (Å²) in [4.78, 5) is 11.0. The molecule has 0 spiro atoms. The Bertz CT molecular complexity index is 662. The molecule has 130 valence electrons. The summed E-state index contributed by atoms with van der Waals surface area (Å²) in [6.07, 6.45) is 10.2. The molecule has 0 saturated heterocycles. The molecular weight excluding hydrogens is 300 g/mol. The van der Waals surface area contributed by atoms with Crippen LogP contribution in [0.3, 0.4) is 0 Å². The number of aliphatic hydroxyl groups is 1. The van der Waals surface area contributed by atoms with Crippen LogP contribution in [0.25, 0.3) is 0 Å². The van der Waals surface area contributed by atoms with Gasteiger partial charge in [0.25, 0.3) is 0 Å². The molecule has 4 aliphatic carbocycles. The van der Waals surface area contributed by atoms with E-state index in [9.17, 15) is 9.90 Å². The van der Waals surface area contributed by atoms with Gasteiger partial charge in [-0.1, -0.05) is 6.92 Å². The lowest BCUT2D eigenvalue weighted by Crippen LogP contribution is -2.49. The Morgan fingerprint density at radius 2 is 2.00 bits per heavy atom. The Balaban J connectivity index is 1.44. The van der Waals surface area contributed by atoms with Crippen LogP contribution in [-0.2, 0) is 12.8 Å². The lowest BCUT2D eigenvalue weighted by atomic mass is 9.50. The van der Waals surface area contributed by atoms with Gasteiger partial charge in [-0.2, -0.15) is 0 Å². The van der Waals surface area contributed by atoms with Crippen LogP contribution in [0.15, 0.2) is 10.5 Å². The number of aliphatic hydroxyl groups excluding tert-OH is 1. The first-order valence-corrected chi connectivity index (χ1v) is 9.85. The standard InChI is InChI=1S/C21H28O3/c1-21-7-6-15-16(18(21)4-5-20(21)23)3-2-12-10-19-13(9-17(12)15)8-14(11-22)24-19/h8,11-12,15-18,20,23H,2-7,9-10H2,1H3/t12-,15?,16?,17-,18?,20-,21-/m0/s1. The van der Waals surface area contributed by atoms with Crippen molar-refractivity contribution in [2.75, 3.05) is 0 Å². The van der Waals surface area contributed by atoms with Crippen molar-refractivity contribution in [1.82, 2.24) is 0 Å². The van der Waals surface area contributed by atoms with E-state index in [1.165, 1.54) is 37.7 Å². The first kappa shape index (κ1) is 15.2. The van der Waals surface area contributed by atoms with Gasteiger partial charge >= 0.3 is 0 Å². The van der Waals surface area contributed by atoms with Crippen molar-refractivity contribution >= 4 is 6.29 Å². The van der Waals surface area contributed by atoms with Crippen molar-refractivity contribution in [3.05, 3.63) is 23.2 Å². The molecule has 3 heteroatoms. The van der Waals surface area contributed by atoms with Gasteiger partial charge in [-0.15, -0.1) is 0 Å². The molecule has 24 heavy (non-hydrogen) atoms. The Labute approximate surface area is 143 Å². The normalized spacial score (nSPS) is 46.6. The molecule has 0 bridgehead atoms. The molecule has 3 fully saturated rings. The van der Waals surface area contributed by atoms with Gasteiger partial charge in [0.15, 0.2) is 12.0 Å². The van der Waals surface area contributed by atoms with Crippen LogP contribution in [0.4, 0.5) is 0 Å². The summed E-state index contributed by atoms with van der Waals surface area (Å²) in [5.74, 6) is 5.43. The molecule has 0 radical (unpaired) electrons. The number of carbonyl (C=O) groups excluding carboxylic acids is 1. The highest BCUT2D eigenvalue weighted by Crippen LogP contribution is 2.62. The number of carbonyl (C=O) groups is 1. The van der Waals surface area contributed by atoms with Crippen LogP contribution in [0.5, 0.6) is 0 Å². The second-order valence-corrected chi connectivity index (χ2v) is 9.20. The zero-order valence-electron chi connectivity index (χ0n) is 14.5. The molecule has 7 atom stereocenters. The minimum atomic E-state index is -0.0804. The maximum atomic E-state index is 11.0. The fourth-order valence-corrected chi connectivity index (χ4v) is 7.16. The van der Waals surface area contributed by atoms with E-state index < -0.39 is 0 Å². The lowest BCUT2D eigenvalue weighted by molar-refractivity contribution is -0.0758. The second-order valence-electron chi connectivity index (χ2n) is 9.20. The first-order chi connectivity index (χ1) is 11.6. The van der Waals surface area contributed by atoms with Crippen molar-refractivity contribution in [3.63, 3.8) is 0 Å². The molecule has 0 aliphatic heterocycles. The van der Waals surface area contributed by atoms with Gasteiger partial charge in [0.05, 0.1) is 6.10 Å². The third-order valence-corrected chi connectivity index (χ3v) is 8.40. The number of hydrogen-bond acceptors (Lipinski definition) is 3. The molecular formula is C21H28O3. The summed E-state index contributed by atoms with van der Waals surface area (Å²) in [7, 11) is 0. The molecule has 1 aromatic rings. The fraction of sp³-hybridized carbons (Fsp3) is 0.762. The van der Waals surface area contributed by atoms with Gasteiger partial charge in [0, 0.05) is 6.42 Å². The molecule has 3 saturated carbocycles. The smallest absolute Gasteiger partial charge is 0.185 e. The molecule has 4 aliphatic rings. The minimum Gasteiger partial charge on any atom is -0.458 e. The van der Waals surface area contributed by atoms with E-state index in [0.29, 0.717) is 5.76 Å². The van der Waals surface area contributed by atoms with Gasteiger partial charge in [-0.05, 0) is 91.6 Å². The SMILES string of the molecule is C[C@]12CCC3C(CC[C@H]4Cc5oc(C=O)cc5C[C@H]34)C1CC[C@@H]2O. The summed E-state index contributed by atoms with van der Waals surface area (Å²) in [5.41, 5.74) is 1.47. The quantitative estimate of drug-likeness (QED) is 0.792. The molecule has 3 unspecified atom stereocenters. The Hall–Kier alpha value is -1.09. The Kier molecular flexibility index (Phi) is 3.29. The summed E-state index contributed by atoms with van der Waals surface area (Å²) in [6.45, 7) is 2.35. The van der Waals surface area contributed by atoms with Crippen LogP contribution < -0.4 is 0 Å². The summed E-state index contributed by atoms with van der Waals surface area (Å²) < 4.78 is 5.74. The average molecular weight is 328 g/mol. The molecule has 1 aromatic heterocycles. The summed E-state index contributed by atoms with van der Waals surface area (Å²) in [6, 6.07) is 1.98. The average Bonchev–Trinajstić information content (AvgIpc) is 3.13. The maximum Gasteiger partial charge on any atom is 0.185 e. The van der Waals surface area contributed by atoms with Crippen LogP contribution in [-0.4, -0.2) is 17.5 Å². The molecule has 1 N–H and O–H groups in total. The van der Waals surface area contributed by atoms with Crippen molar-refractivity contribution < 1.29 is 14.3 Å². The number of hydrogen-bond donors (Lipinski definition) is 1. The van der Waals surface area contributed by atoms with Gasteiger partial charge in [-0.25, -0.2) is 0 Å². The van der Waals surface area contributed by atoms with Crippen LogP contribution in [0, 0.1) is 35.0 Å². The third kappa shape index (κ3) is 1.97. The molecule has 3 nitrogen and oxygen atoms in total. The predicted octanol–water partition coefficient (Wildman–Crippen LogP) is 4.02. The number of aldehydes is 1. The Morgan fingerprint density at radius 3 is 2.83 bits per heavy atom. The first-order valence-electron chi connectivity index (χ1n) is 9.85. The van der Waals surface area contributed by atoms with E-state index in [1.807, 2.05) is 6.07 Å². The maximum absolute atomic E-state index is 11.0. The zero-order valence-corrected chi connectivity index (χ0v) is 14.5. The van der Waals surface area contributed by atoms with E-state index in [1.54, 1.807) is 0 Å². The second kappa shape index (κ2) is 5.20. The van der Waals surface area contributed by atoms with E-state index in [4.69, 9.17) is 4.42 Å². The molecule has 1 heterocycles. The van der Waals surface area contributed by atoms with E-state index in [-0.39, 0.29) is 11.5 Å². The van der Waals surface area contributed by atoms with E-state index in [2.05, 4.69) is 6.92 Å². The van der Waals surface area contributed by atoms with Gasteiger partial charge in [0.1, 0.15) is 5.76 Å². The molecule has 0 amide bonds. The van der Waals surface area contributed by atoms with Crippen molar-refractivity contribution in [3.8, 4) is 0 Å². The van der Waals surface area contributed by atoms with Crippen LogP contribution >= 0.6 is 0 Å². The lowest BCUT2D eigenvalue weighted by Gasteiger charge is -2.55. The summed E-state index contributed by atoms with van der Waals surface area (Å²) >= 11 is 0. The van der Waals surface area contributed by atoms with E-state index in [0.717, 1.165) is 60.9 Å².